The molecular weight excluding hydrogens is 277 g/mol. The number of hydrogen-bond acceptors (Lipinski definition) is 5. The highest BCUT2D eigenvalue weighted by Crippen LogP contribution is 2.40. The molecule has 8 heteroatoms. The predicted molar refractivity (Wildman–Crippen MR) is 59.6 cm³/mol. The molecule has 0 aromatic heterocycles. The highest BCUT2D eigenvalue weighted by atomic mass is 32.2. The van der Waals surface area contributed by atoms with Crippen LogP contribution in [0.2, 0.25) is 0 Å². The third kappa shape index (κ3) is 3.67. The lowest BCUT2D eigenvalue weighted by Crippen LogP contribution is -2.29. The maximum Gasteiger partial charge on any atom is 0.455 e. The highest BCUT2D eigenvalue weighted by molar-refractivity contribution is 8.25. The van der Waals surface area contributed by atoms with Gasteiger partial charge in [-0.2, -0.15) is 13.2 Å². The number of rotatable bonds is 3. The van der Waals surface area contributed by atoms with Crippen LogP contribution in [-0.4, -0.2) is 36.0 Å². The number of carbonyl (C=O) groups excluding carboxylic acids is 2. The lowest BCUT2D eigenvalue weighted by atomic mass is 10.2. The smallest absolute Gasteiger partial charge is 0.455 e. The topological polar surface area (TPSA) is 43.4 Å². The molecule has 0 spiro atoms. The predicted octanol–water partition coefficient (Wildman–Crippen LogP) is 2.37. The average molecular weight is 286 g/mol. The summed E-state index contributed by atoms with van der Waals surface area (Å²) in [4.78, 5) is 22.5. The van der Waals surface area contributed by atoms with Crippen LogP contribution >= 0.6 is 23.5 Å². The van der Waals surface area contributed by atoms with Crippen LogP contribution in [0.5, 0.6) is 0 Å². The van der Waals surface area contributed by atoms with E-state index in [1.54, 1.807) is 0 Å². The van der Waals surface area contributed by atoms with Crippen molar-refractivity contribution < 1.29 is 27.5 Å². The van der Waals surface area contributed by atoms with Crippen LogP contribution in [-0.2, 0) is 14.3 Å². The standard InChI is InChI=1S/C9H9F3O3S2/c1-2-15-7(14)5(6(13)9(10,11)12)8-16-3-4-17-8/h2-4H2,1H3. The zero-order valence-corrected chi connectivity index (χ0v) is 10.4. The van der Waals surface area contributed by atoms with Crippen LogP contribution in [0.4, 0.5) is 13.2 Å². The van der Waals surface area contributed by atoms with Gasteiger partial charge >= 0.3 is 12.1 Å². The van der Waals surface area contributed by atoms with Crippen molar-refractivity contribution in [3.05, 3.63) is 9.81 Å². The van der Waals surface area contributed by atoms with E-state index in [0.29, 0.717) is 11.5 Å². The molecule has 0 saturated carbocycles. The van der Waals surface area contributed by atoms with E-state index in [0.717, 1.165) is 23.5 Å². The van der Waals surface area contributed by atoms with E-state index in [-0.39, 0.29) is 10.8 Å². The monoisotopic (exact) mass is 286 g/mol. The molecule has 1 saturated heterocycles. The lowest BCUT2D eigenvalue weighted by molar-refractivity contribution is -0.168. The number of alkyl halides is 3. The van der Waals surface area contributed by atoms with Crippen molar-refractivity contribution in [2.75, 3.05) is 18.1 Å². The molecule has 96 valence electrons. The fourth-order valence-electron chi connectivity index (χ4n) is 1.07. The first kappa shape index (κ1) is 14.4. The first-order valence-corrected chi connectivity index (χ1v) is 6.63. The summed E-state index contributed by atoms with van der Waals surface area (Å²) in [6, 6.07) is 0. The second-order valence-corrected chi connectivity index (χ2v) is 5.38. The minimum Gasteiger partial charge on any atom is -0.462 e. The molecule has 0 aromatic rings. The van der Waals surface area contributed by atoms with E-state index in [2.05, 4.69) is 4.74 Å². The van der Waals surface area contributed by atoms with E-state index in [9.17, 15) is 22.8 Å². The molecule has 0 bridgehead atoms. The lowest BCUT2D eigenvalue weighted by Gasteiger charge is -2.10. The summed E-state index contributed by atoms with van der Waals surface area (Å²) in [6.45, 7) is 1.39. The molecule has 0 N–H and O–H groups in total. The zero-order valence-electron chi connectivity index (χ0n) is 8.80. The molecule has 0 radical (unpaired) electrons. The Kier molecular flexibility index (Phi) is 4.93. The van der Waals surface area contributed by atoms with Crippen molar-refractivity contribution in [3.8, 4) is 0 Å². The van der Waals surface area contributed by atoms with Crippen molar-refractivity contribution in [1.82, 2.24) is 0 Å². The fourth-order valence-corrected chi connectivity index (χ4v) is 3.58. The molecule has 1 heterocycles. The first-order chi connectivity index (χ1) is 7.88. The van der Waals surface area contributed by atoms with E-state index in [4.69, 9.17) is 0 Å². The van der Waals surface area contributed by atoms with Crippen molar-refractivity contribution in [3.63, 3.8) is 0 Å². The molecule has 0 amide bonds. The highest BCUT2D eigenvalue weighted by Gasteiger charge is 2.45. The maximum absolute atomic E-state index is 12.3. The van der Waals surface area contributed by atoms with Gasteiger partial charge in [0.2, 0.25) is 0 Å². The molecule has 17 heavy (non-hydrogen) atoms. The molecule has 1 aliphatic heterocycles. The van der Waals surface area contributed by atoms with Gasteiger partial charge < -0.3 is 4.74 Å². The Labute approximate surface area is 104 Å². The van der Waals surface area contributed by atoms with Crippen LogP contribution < -0.4 is 0 Å². The SMILES string of the molecule is CCOC(=O)C(C(=O)C(F)(F)F)=C1SCCS1. The minimum atomic E-state index is -5.06. The van der Waals surface area contributed by atoms with Gasteiger partial charge in [0.15, 0.2) is 0 Å². The second-order valence-electron chi connectivity index (χ2n) is 2.91. The summed E-state index contributed by atoms with van der Waals surface area (Å²) in [5, 5.41) is 0. The van der Waals surface area contributed by atoms with Gasteiger partial charge in [-0.3, -0.25) is 4.79 Å². The van der Waals surface area contributed by atoms with Crippen molar-refractivity contribution in [2.45, 2.75) is 13.1 Å². The zero-order chi connectivity index (χ0) is 13.1. The normalized spacial score (nSPS) is 15.9. The quantitative estimate of drug-likeness (QED) is 0.345. The number of thioether (sulfide) groups is 2. The van der Waals surface area contributed by atoms with E-state index >= 15 is 0 Å². The Morgan fingerprint density at radius 1 is 1.29 bits per heavy atom. The van der Waals surface area contributed by atoms with Gasteiger partial charge in [0.05, 0.1) is 10.8 Å². The van der Waals surface area contributed by atoms with Crippen LogP contribution in [0.25, 0.3) is 0 Å². The van der Waals surface area contributed by atoms with Crippen LogP contribution in [0.1, 0.15) is 6.92 Å². The van der Waals surface area contributed by atoms with Gasteiger partial charge in [-0.1, -0.05) is 0 Å². The minimum absolute atomic E-state index is 0.0733. The Bertz CT molecular complexity index is 355. The van der Waals surface area contributed by atoms with Gasteiger partial charge in [0.25, 0.3) is 5.78 Å². The van der Waals surface area contributed by atoms with Crippen LogP contribution in [0, 0.1) is 0 Å². The molecule has 0 unspecified atom stereocenters. The summed E-state index contributed by atoms with van der Waals surface area (Å²) in [6.07, 6.45) is -5.06. The maximum atomic E-state index is 12.3. The van der Waals surface area contributed by atoms with Gasteiger partial charge in [-0.25, -0.2) is 4.79 Å². The first-order valence-electron chi connectivity index (χ1n) is 4.66. The Balaban J connectivity index is 3.07. The number of ether oxygens (including phenoxy) is 1. The number of ketones is 1. The Morgan fingerprint density at radius 2 is 1.82 bits per heavy atom. The van der Waals surface area contributed by atoms with E-state index < -0.39 is 23.5 Å². The molecule has 1 fully saturated rings. The Hall–Kier alpha value is -0.630. The number of hydrogen-bond donors (Lipinski definition) is 0. The third-order valence-corrected chi connectivity index (χ3v) is 4.43. The second kappa shape index (κ2) is 5.81. The summed E-state index contributed by atoms with van der Waals surface area (Å²) in [7, 11) is 0. The van der Waals surface area contributed by atoms with Gasteiger partial charge in [-0.15, -0.1) is 23.5 Å². The molecule has 1 aliphatic rings. The largest absolute Gasteiger partial charge is 0.462 e. The number of halogens is 3. The number of Topliss-reactive ketones (excluding diaryl/α,β-unsaturated/α-hetero) is 1. The summed E-state index contributed by atoms with van der Waals surface area (Å²) in [5.74, 6) is -2.18. The Morgan fingerprint density at radius 3 is 2.24 bits per heavy atom. The van der Waals surface area contributed by atoms with E-state index in [1.807, 2.05) is 0 Å². The number of carbonyl (C=O) groups is 2. The number of esters is 1. The third-order valence-electron chi connectivity index (χ3n) is 1.72. The molecule has 0 aliphatic carbocycles. The summed E-state index contributed by atoms with van der Waals surface area (Å²) < 4.78 is 41.6. The molecule has 1 rings (SSSR count). The summed E-state index contributed by atoms with van der Waals surface area (Å²) in [5.41, 5.74) is -0.883. The van der Waals surface area contributed by atoms with Crippen molar-refractivity contribution in [2.24, 2.45) is 0 Å². The van der Waals surface area contributed by atoms with Crippen LogP contribution in [0.3, 0.4) is 0 Å². The van der Waals surface area contributed by atoms with Gasteiger partial charge in [0, 0.05) is 11.5 Å². The fraction of sp³-hybridized carbons (Fsp3) is 0.556. The average Bonchev–Trinajstić information content (AvgIpc) is 2.70. The molecular formula is C9H9F3O3S2. The molecule has 0 aromatic carbocycles. The van der Waals surface area contributed by atoms with E-state index in [1.165, 1.54) is 6.92 Å². The molecule has 0 atom stereocenters. The van der Waals surface area contributed by atoms with Crippen LogP contribution in [0.15, 0.2) is 9.81 Å². The van der Waals surface area contributed by atoms with Crippen molar-refractivity contribution >= 4 is 35.3 Å². The van der Waals surface area contributed by atoms with Gasteiger partial charge in [-0.05, 0) is 6.92 Å². The summed E-state index contributed by atoms with van der Waals surface area (Å²) >= 11 is 2.14. The van der Waals surface area contributed by atoms with Gasteiger partial charge in [0.1, 0.15) is 5.57 Å². The van der Waals surface area contributed by atoms with Crippen molar-refractivity contribution in [1.29, 1.82) is 0 Å². The molecule has 3 nitrogen and oxygen atoms in total.